The van der Waals surface area contributed by atoms with Crippen LogP contribution in [0.1, 0.15) is 24.5 Å². The molecule has 24 heavy (non-hydrogen) atoms. The molecule has 1 N–H and O–H groups in total. The summed E-state index contributed by atoms with van der Waals surface area (Å²) in [6.45, 7) is 1.51. The van der Waals surface area contributed by atoms with E-state index >= 15 is 0 Å². The lowest BCUT2D eigenvalue weighted by molar-refractivity contribution is -0.114. The molecule has 1 aromatic heterocycles. The van der Waals surface area contributed by atoms with Crippen molar-refractivity contribution in [2.24, 2.45) is 0 Å². The number of nitrogens with one attached hydrogen (secondary N) is 1. The molecule has 120 valence electrons. The molecule has 0 aliphatic heterocycles. The fourth-order valence-electron chi connectivity index (χ4n) is 3.17. The normalized spacial score (nSPS) is 12.9. The Bertz CT molecular complexity index is 896. The van der Waals surface area contributed by atoms with E-state index in [1.54, 1.807) is 11.3 Å². The Morgan fingerprint density at radius 2 is 1.79 bits per heavy atom. The standard InChI is InChI=1S/C20H18N2OS/c1-13(23)21-18-9-7-15(8-10-18)20-22-19(12-24-20)17-6-5-14-3-2-4-16(14)11-17/h5-12H,2-4H2,1H3,(H,21,23). The third-order valence-electron chi connectivity index (χ3n) is 4.35. The Kier molecular flexibility index (Phi) is 3.90. The maximum absolute atomic E-state index is 11.1. The molecule has 1 heterocycles. The van der Waals surface area contributed by atoms with Gasteiger partial charge in [0.1, 0.15) is 5.01 Å². The van der Waals surface area contributed by atoms with E-state index in [2.05, 4.69) is 28.9 Å². The zero-order chi connectivity index (χ0) is 16.5. The number of aromatic nitrogens is 1. The number of rotatable bonds is 3. The topological polar surface area (TPSA) is 42.0 Å². The van der Waals surface area contributed by atoms with Gasteiger partial charge >= 0.3 is 0 Å². The number of thiazole rings is 1. The predicted octanol–water partition coefficient (Wildman–Crippen LogP) is 4.92. The maximum atomic E-state index is 11.1. The molecule has 0 unspecified atom stereocenters. The maximum Gasteiger partial charge on any atom is 0.221 e. The number of carbonyl (C=O) groups is 1. The van der Waals surface area contributed by atoms with Gasteiger partial charge in [0.2, 0.25) is 5.91 Å². The lowest BCUT2D eigenvalue weighted by Gasteiger charge is -2.03. The molecular weight excluding hydrogens is 316 g/mol. The summed E-state index contributed by atoms with van der Waals surface area (Å²) in [5, 5.41) is 5.90. The van der Waals surface area contributed by atoms with Gasteiger partial charge in [0.15, 0.2) is 0 Å². The van der Waals surface area contributed by atoms with Crippen LogP contribution in [0.5, 0.6) is 0 Å². The van der Waals surface area contributed by atoms with E-state index in [4.69, 9.17) is 4.98 Å². The lowest BCUT2D eigenvalue weighted by Crippen LogP contribution is -2.05. The van der Waals surface area contributed by atoms with Crippen molar-refractivity contribution in [1.29, 1.82) is 0 Å². The molecule has 1 amide bonds. The van der Waals surface area contributed by atoms with Crippen LogP contribution >= 0.6 is 11.3 Å². The quantitative estimate of drug-likeness (QED) is 0.738. The zero-order valence-electron chi connectivity index (χ0n) is 13.5. The second-order valence-electron chi connectivity index (χ2n) is 6.13. The van der Waals surface area contributed by atoms with Crippen LogP contribution in [0, 0.1) is 0 Å². The third kappa shape index (κ3) is 2.97. The summed E-state index contributed by atoms with van der Waals surface area (Å²) in [6, 6.07) is 14.5. The van der Waals surface area contributed by atoms with Gasteiger partial charge in [-0.2, -0.15) is 0 Å². The summed E-state index contributed by atoms with van der Waals surface area (Å²) in [7, 11) is 0. The van der Waals surface area contributed by atoms with Crippen molar-refractivity contribution in [3.05, 3.63) is 59.0 Å². The van der Waals surface area contributed by atoms with E-state index in [9.17, 15) is 4.79 Å². The summed E-state index contributed by atoms with van der Waals surface area (Å²) >= 11 is 1.65. The molecule has 0 atom stereocenters. The molecule has 4 heteroatoms. The van der Waals surface area contributed by atoms with Crippen molar-refractivity contribution >= 4 is 22.9 Å². The highest BCUT2D eigenvalue weighted by Crippen LogP contribution is 2.32. The first kappa shape index (κ1) is 15.1. The van der Waals surface area contributed by atoms with Gasteiger partial charge in [-0.05, 0) is 60.7 Å². The molecule has 1 aliphatic carbocycles. The second kappa shape index (κ2) is 6.21. The minimum absolute atomic E-state index is 0.0594. The number of aryl methyl sites for hydroxylation is 2. The molecule has 3 nitrogen and oxygen atoms in total. The van der Waals surface area contributed by atoms with Gasteiger partial charge in [0.25, 0.3) is 0 Å². The number of fused-ring (bicyclic) bond motifs is 1. The Morgan fingerprint density at radius 1 is 1.04 bits per heavy atom. The average Bonchev–Trinajstić information content (AvgIpc) is 3.23. The first-order valence-electron chi connectivity index (χ1n) is 8.15. The SMILES string of the molecule is CC(=O)Nc1ccc(-c2nc(-c3ccc4c(c3)CCC4)cs2)cc1. The van der Waals surface area contributed by atoms with Crippen LogP contribution in [0.15, 0.2) is 47.8 Å². The van der Waals surface area contributed by atoms with Crippen LogP contribution in [0.3, 0.4) is 0 Å². The van der Waals surface area contributed by atoms with E-state index < -0.39 is 0 Å². The number of hydrogen-bond donors (Lipinski definition) is 1. The molecule has 2 aromatic carbocycles. The van der Waals surface area contributed by atoms with Gasteiger partial charge in [-0.1, -0.05) is 12.1 Å². The molecule has 4 rings (SSSR count). The minimum atomic E-state index is -0.0594. The largest absolute Gasteiger partial charge is 0.326 e. The molecule has 0 fully saturated rings. The average molecular weight is 334 g/mol. The number of nitrogens with zero attached hydrogens (tertiary/aromatic N) is 1. The summed E-state index contributed by atoms with van der Waals surface area (Å²) in [6.07, 6.45) is 3.66. The number of anilines is 1. The van der Waals surface area contributed by atoms with E-state index in [1.165, 1.54) is 42.9 Å². The summed E-state index contributed by atoms with van der Waals surface area (Å²) in [5.74, 6) is -0.0594. The Morgan fingerprint density at radius 3 is 2.58 bits per heavy atom. The smallest absolute Gasteiger partial charge is 0.221 e. The molecule has 1 aliphatic rings. The fraction of sp³-hybridized carbons (Fsp3) is 0.200. The number of benzene rings is 2. The molecule has 0 spiro atoms. The van der Waals surface area contributed by atoms with Crippen molar-refractivity contribution in [2.45, 2.75) is 26.2 Å². The van der Waals surface area contributed by atoms with Crippen molar-refractivity contribution in [3.8, 4) is 21.8 Å². The van der Waals surface area contributed by atoms with Gasteiger partial charge in [-0.15, -0.1) is 11.3 Å². The summed E-state index contributed by atoms with van der Waals surface area (Å²) in [4.78, 5) is 15.9. The van der Waals surface area contributed by atoms with Crippen LogP contribution in [0.2, 0.25) is 0 Å². The number of hydrogen-bond acceptors (Lipinski definition) is 3. The zero-order valence-corrected chi connectivity index (χ0v) is 14.3. The highest BCUT2D eigenvalue weighted by Gasteiger charge is 2.13. The predicted molar refractivity (Wildman–Crippen MR) is 99.3 cm³/mol. The third-order valence-corrected chi connectivity index (χ3v) is 5.24. The fourth-order valence-corrected chi connectivity index (χ4v) is 4.00. The van der Waals surface area contributed by atoms with E-state index in [1.807, 2.05) is 24.3 Å². The van der Waals surface area contributed by atoms with Gasteiger partial charge in [-0.25, -0.2) is 4.98 Å². The molecule has 0 radical (unpaired) electrons. The first-order chi connectivity index (χ1) is 11.7. The first-order valence-corrected chi connectivity index (χ1v) is 9.03. The summed E-state index contributed by atoms with van der Waals surface area (Å²) in [5.41, 5.74) is 7.08. The van der Waals surface area contributed by atoms with Gasteiger partial charge < -0.3 is 5.32 Å². The van der Waals surface area contributed by atoms with E-state index in [0.717, 1.165) is 22.0 Å². The highest BCUT2D eigenvalue weighted by molar-refractivity contribution is 7.13. The summed E-state index contributed by atoms with van der Waals surface area (Å²) < 4.78 is 0. The van der Waals surface area contributed by atoms with Gasteiger partial charge in [-0.3, -0.25) is 4.79 Å². The lowest BCUT2D eigenvalue weighted by atomic mass is 10.1. The van der Waals surface area contributed by atoms with Crippen LogP contribution in [0.4, 0.5) is 5.69 Å². The van der Waals surface area contributed by atoms with Crippen LogP contribution in [0.25, 0.3) is 21.8 Å². The molecule has 0 bridgehead atoms. The minimum Gasteiger partial charge on any atom is -0.326 e. The Labute approximate surface area is 145 Å². The van der Waals surface area contributed by atoms with Gasteiger partial charge in [0, 0.05) is 29.1 Å². The van der Waals surface area contributed by atoms with Crippen molar-refractivity contribution in [3.63, 3.8) is 0 Å². The van der Waals surface area contributed by atoms with Crippen molar-refractivity contribution in [1.82, 2.24) is 4.98 Å². The van der Waals surface area contributed by atoms with E-state index in [0.29, 0.717) is 0 Å². The van der Waals surface area contributed by atoms with Crippen LogP contribution in [-0.2, 0) is 17.6 Å². The van der Waals surface area contributed by atoms with E-state index in [-0.39, 0.29) is 5.91 Å². The van der Waals surface area contributed by atoms with Crippen LogP contribution < -0.4 is 5.32 Å². The molecule has 0 saturated heterocycles. The van der Waals surface area contributed by atoms with Crippen LogP contribution in [-0.4, -0.2) is 10.9 Å². The number of carbonyl (C=O) groups excluding carboxylic acids is 1. The molecule has 3 aromatic rings. The number of amides is 1. The highest BCUT2D eigenvalue weighted by atomic mass is 32.1. The molecular formula is C20H18N2OS. The van der Waals surface area contributed by atoms with Crippen molar-refractivity contribution < 1.29 is 4.79 Å². The second-order valence-corrected chi connectivity index (χ2v) is 6.99. The Balaban J connectivity index is 1.59. The van der Waals surface area contributed by atoms with Crippen molar-refractivity contribution in [2.75, 3.05) is 5.32 Å². The Hall–Kier alpha value is -2.46. The monoisotopic (exact) mass is 334 g/mol. The van der Waals surface area contributed by atoms with Gasteiger partial charge in [0.05, 0.1) is 5.69 Å². The molecule has 0 saturated carbocycles.